The number of hydrogen-bond acceptors (Lipinski definition) is 3. The van der Waals surface area contributed by atoms with Crippen LogP contribution in [-0.2, 0) is 20.4 Å². The molecule has 1 N–H and O–H groups in total. The smallest absolute Gasteiger partial charge is 0.225 e. The summed E-state index contributed by atoms with van der Waals surface area (Å²) in [6.45, 7) is 7.58. The van der Waals surface area contributed by atoms with Gasteiger partial charge in [-0.15, -0.1) is 0 Å². The molecule has 5 nitrogen and oxygen atoms in total. The van der Waals surface area contributed by atoms with Crippen LogP contribution in [0, 0.1) is 11.8 Å². The van der Waals surface area contributed by atoms with E-state index in [4.69, 9.17) is 0 Å². The second-order valence-corrected chi connectivity index (χ2v) is 9.67. The molecule has 1 saturated heterocycles. The van der Waals surface area contributed by atoms with Crippen molar-refractivity contribution in [2.75, 3.05) is 25.4 Å². The van der Waals surface area contributed by atoms with Crippen LogP contribution < -0.4 is 5.32 Å². The topological polar surface area (TPSA) is 66.5 Å². The normalized spacial score (nSPS) is 24.0. The first-order valence-electron chi connectivity index (χ1n) is 8.24. The SMILES string of the molecule is CC(C)(C)[S@@](=O)CCNC(=O)[C@H]1CCCN(C(=O)C2CC2)C1. The van der Waals surface area contributed by atoms with Gasteiger partial charge >= 0.3 is 0 Å². The molecule has 1 aliphatic heterocycles. The molecule has 0 aromatic carbocycles. The minimum Gasteiger partial charge on any atom is -0.355 e. The third kappa shape index (κ3) is 4.80. The van der Waals surface area contributed by atoms with Crippen LogP contribution >= 0.6 is 0 Å². The van der Waals surface area contributed by atoms with E-state index < -0.39 is 10.8 Å². The number of likely N-dealkylation sites (tertiary alicyclic amines) is 1. The monoisotopic (exact) mass is 328 g/mol. The minimum absolute atomic E-state index is 0.000735. The zero-order valence-corrected chi connectivity index (χ0v) is 14.7. The maximum absolute atomic E-state index is 12.2. The lowest BCUT2D eigenvalue weighted by molar-refractivity contribution is -0.136. The van der Waals surface area contributed by atoms with Gasteiger partial charge in [0.1, 0.15) is 0 Å². The van der Waals surface area contributed by atoms with Crippen LogP contribution in [0.15, 0.2) is 0 Å². The Bertz CT molecular complexity index is 455. The Morgan fingerprint density at radius 3 is 2.45 bits per heavy atom. The van der Waals surface area contributed by atoms with Crippen molar-refractivity contribution in [1.29, 1.82) is 0 Å². The van der Waals surface area contributed by atoms with Gasteiger partial charge in [-0.1, -0.05) is 0 Å². The maximum atomic E-state index is 12.2. The fourth-order valence-electron chi connectivity index (χ4n) is 2.70. The van der Waals surface area contributed by atoms with E-state index in [9.17, 15) is 13.8 Å². The van der Waals surface area contributed by atoms with E-state index in [0.29, 0.717) is 18.8 Å². The highest BCUT2D eigenvalue weighted by molar-refractivity contribution is 7.86. The molecule has 0 aromatic rings. The molecule has 2 atom stereocenters. The van der Waals surface area contributed by atoms with E-state index in [2.05, 4.69) is 5.32 Å². The Hall–Kier alpha value is -0.910. The van der Waals surface area contributed by atoms with Crippen LogP contribution in [0.4, 0.5) is 0 Å². The molecule has 0 unspecified atom stereocenters. The number of rotatable bonds is 5. The second kappa shape index (κ2) is 7.11. The van der Waals surface area contributed by atoms with Gasteiger partial charge in [0.25, 0.3) is 0 Å². The number of nitrogens with zero attached hydrogens (tertiary/aromatic N) is 1. The van der Waals surface area contributed by atoms with Crippen molar-refractivity contribution in [2.45, 2.75) is 51.2 Å². The highest BCUT2D eigenvalue weighted by Gasteiger charge is 2.36. The molecule has 22 heavy (non-hydrogen) atoms. The molecule has 1 heterocycles. The van der Waals surface area contributed by atoms with Crippen LogP contribution in [0.3, 0.4) is 0 Å². The zero-order valence-electron chi connectivity index (χ0n) is 13.9. The van der Waals surface area contributed by atoms with E-state index in [1.807, 2.05) is 25.7 Å². The fourth-order valence-corrected chi connectivity index (χ4v) is 3.60. The lowest BCUT2D eigenvalue weighted by Crippen LogP contribution is -2.46. The van der Waals surface area contributed by atoms with Crippen molar-refractivity contribution in [2.24, 2.45) is 11.8 Å². The van der Waals surface area contributed by atoms with Crippen LogP contribution in [-0.4, -0.2) is 51.1 Å². The molecule has 1 saturated carbocycles. The van der Waals surface area contributed by atoms with Crippen molar-refractivity contribution in [3.63, 3.8) is 0 Å². The fraction of sp³-hybridized carbons (Fsp3) is 0.875. The van der Waals surface area contributed by atoms with Crippen LogP contribution in [0.2, 0.25) is 0 Å². The number of hydrogen-bond donors (Lipinski definition) is 1. The number of piperidine rings is 1. The Kier molecular flexibility index (Phi) is 5.64. The highest BCUT2D eigenvalue weighted by Crippen LogP contribution is 2.32. The van der Waals surface area contributed by atoms with Gasteiger partial charge in [-0.2, -0.15) is 0 Å². The molecule has 2 amide bonds. The number of amides is 2. The Balaban J connectivity index is 1.74. The molecule has 0 radical (unpaired) electrons. The molecule has 126 valence electrons. The molecular formula is C16H28N2O3S. The molecule has 6 heteroatoms. The molecule has 1 aliphatic carbocycles. The third-order valence-electron chi connectivity index (χ3n) is 4.30. The van der Waals surface area contributed by atoms with Crippen molar-refractivity contribution >= 4 is 22.6 Å². The summed E-state index contributed by atoms with van der Waals surface area (Å²) in [6, 6.07) is 0. The van der Waals surface area contributed by atoms with Gasteiger partial charge in [0.15, 0.2) is 0 Å². The Morgan fingerprint density at radius 1 is 1.18 bits per heavy atom. The van der Waals surface area contributed by atoms with Gasteiger partial charge in [0, 0.05) is 46.9 Å². The molecular weight excluding hydrogens is 300 g/mol. The van der Waals surface area contributed by atoms with Gasteiger partial charge in [-0.3, -0.25) is 13.8 Å². The first kappa shape index (κ1) is 17.4. The lowest BCUT2D eigenvalue weighted by Gasteiger charge is -2.32. The van der Waals surface area contributed by atoms with Crippen molar-refractivity contribution in [3.8, 4) is 0 Å². The lowest BCUT2D eigenvalue weighted by atomic mass is 9.97. The van der Waals surface area contributed by atoms with E-state index in [-0.39, 0.29) is 28.4 Å². The summed E-state index contributed by atoms with van der Waals surface area (Å²) in [4.78, 5) is 26.2. The molecule has 2 aliphatic rings. The molecule has 0 spiro atoms. The maximum Gasteiger partial charge on any atom is 0.225 e. The Morgan fingerprint density at radius 2 is 1.86 bits per heavy atom. The van der Waals surface area contributed by atoms with Crippen LogP contribution in [0.1, 0.15) is 46.5 Å². The standard InChI is InChI=1S/C16H28N2O3S/c1-16(2,3)22(21)10-8-17-14(19)13-5-4-9-18(11-13)15(20)12-6-7-12/h12-13H,4-11H2,1-3H3,(H,17,19)/t13-,22-/m0/s1. The van der Waals surface area contributed by atoms with Gasteiger partial charge in [0.2, 0.25) is 11.8 Å². The zero-order chi connectivity index (χ0) is 16.3. The predicted octanol–water partition coefficient (Wildman–Crippen LogP) is 1.30. The largest absolute Gasteiger partial charge is 0.355 e. The highest BCUT2D eigenvalue weighted by atomic mass is 32.2. The summed E-state index contributed by atoms with van der Waals surface area (Å²) in [6.07, 6.45) is 3.74. The summed E-state index contributed by atoms with van der Waals surface area (Å²) in [5.41, 5.74) is 0. The van der Waals surface area contributed by atoms with E-state index in [1.165, 1.54) is 0 Å². The van der Waals surface area contributed by atoms with Crippen LogP contribution in [0.5, 0.6) is 0 Å². The summed E-state index contributed by atoms with van der Waals surface area (Å²) in [5, 5.41) is 2.89. The molecule has 2 rings (SSSR count). The van der Waals surface area contributed by atoms with Crippen LogP contribution in [0.25, 0.3) is 0 Å². The predicted molar refractivity (Wildman–Crippen MR) is 87.8 cm³/mol. The van der Waals surface area contributed by atoms with Crippen molar-refractivity contribution in [1.82, 2.24) is 10.2 Å². The number of nitrogens with one attached hydrogen (secondary N) is 1. The quantitative estimate of drug-likeness (QED) is 0.827. The minimum atomic E-state index is -0.950. The number of carbonyl (C=O) groups excluding carboxylic acids is 2. The molecule has 0 bridgehead atoms. The van der Waals surface area contributed by atoms with Crippen molar-refractivity contribution < 1.29 is 13.8 Å². The van der Waals surface area contributed by atoms with Gasteiger partial charge < -0.3 is 10.2 Å². The number of carbonyl (C=O) groups is 2. The third-order valence-corrected chi connectivity index (χ3v) is 6.24. The van der Waals surface area contributed by atoms with Crippen molar-refractivity contribution in [3.05, 3.63) is 0 Å². The summed E-state index contributed by atoms with van der Waals surface area (Å²) < 4.78 is 11.7. The molecule has 2 fully saturated rings. The van der Waals surface area contributed by atoms with E-state index in [0.717, 1.165) is 32.2 Å². The average molecular weight is 328 g/mol. The van der Waals surface area contributed by atoms with Gasteiger partial charge in [-0.25, -0.2) is 0 Å². The molecule has 0 aromatic heterocycles. The summed E-state index contributed by atoms with van der Waals surface area (Å²) in [7, 11) is -0.950. The van der Waals surface area contributed by atoms with E-state index in [1.54, 1.807) is 0 Å². The van der Waals surface area contributed by atoms with Gasteiger partial charge in [-0.05, 0) is 46.5 Å². The average Bonchev–Trinajstić information content (AvgIpc) is 3.30. The first-order valence-corrected chi connectivity index (χ1v) is 9.56. The summed E-state index contributed by atoms with van der Waals surface area (Å²) in [5.74, 6) is 0.813. The Labute approximate surface area is 135 Å². The van der Waals surface area contributed by atoms with E-state index >= 15 is 0 Å². The van der Waals surface area contributed by atoms with Gasteiger partial charge in [0.05, 0.1) is 5.92 Å². The first-order chi connectivity index (χ1) is 10.3. The second-order valence-electron chi connectivity index (χ2n) is 7.35. The summed E-state index contributed by atoms with van der Waals surface area (Å²) >= 11 is 0.